The van der Waals surface area contributed by atoms with Crippen LogP contribution in [-0.2, 0) is 14.0 Å². The van der Waals surface area contributed by atoms with Gasteiger partial charge in [-0.1, -0.05) is 41.5 Å². The minimum Gasteiger partial charge on any atom is -0.443 e. The van der Waals surface area contributed by atoms with E-state index >= 15 is 0 Å². The number of amides is 2. The highest BCUT2D eigenvalue weighted by atomic mass is 28.4. The highest BCUT2D eigenvalue weighted by molar-refractivity contribution is 6.77. The maximum atomic E-state index is 12.6. The van der Waals surface area contributed by atoms with Crippen LogP contribution >= 0.6 is 0 Å². The molecule has 1 aliphatic rings. The molecule has 6 nitrogen and oxygen atoms in total. The van der Waals surface area contributed by atoms with E-state index in [9.17, 15) is 14.7 Å². The van der Waals surface area contributed by atoms with Gasteiger partial charge < -0.3 is 14.3 Å². The van der Waals surface area contributed by atoms with Gasteiger partial charge in [-0.2, -0.15) is 0 Å². The highest BCUT2D eigenvalue weighted by Gasteiger charge is 2.49. The summed E-state index contributed by atoms with van der Waals surface area (Å²) in [7, 11) is -2.14. The Labute approximate surface area is 165 Å². The second kappa shape index (κ2) is 9.05. The lowest BCUT2D eigenvalue weighted by Crippen LogP contribution is -2.52. The van der Waals surface area contributed by atoms with Gasteiger partial charge in [-0.25, -0.2) is 9.69 Å². The molecule has 0 spiro atoms. The van der Waals surface area contributed by atoms with E-state index in [-0.39, 0.29) is 31.5 Å². The van der Waals surface area contributed by atoms with Crippen molar-refractivity contribution in [1.82, 2.24) is 4.90 Å². The van der Waals surface area contributed by atoms with E-state index in [1.807, 2.05) is 0 Å². The fourth-order valence-corrected chi connectivity index (χ4v) is 9.99. The fourth-order valence-electron chi connectivity index (χ4n) is 4.53. The monoisotopic (exact) mass is 401 g/mol. The van der Waals surface area contributed by atoms with Gasteiger partial charge in [-0.3, -0.25) is 4.79 Å². The minimum absolute atomic E-state index is 0.142. The van der Waals surface area contributed by atoms with Crippen LogP contribution in [0.2, 0.25) is 16.6 Å². The number of ether oxygens (including phenoxy) is 1. The van der Waals surface area contributed by atoms with Crippen LogP contribution in [0.5, 0.6) is 0 Å². The van der Waals surface area contributed by atoms with Crippen LogP contribution in [0.25, 0.3) is 0 Å². The Morgan fingerprint density at radius 1 is 1.15 bits per heavy atom. The van der Waals surface area contributed by atoms with Gasteiger partial charge in [0.15, 0.2) is 8.32 Å². The molecule has 2 atom stereocenters. The zero-order valence-corrected chi connectivity index (χ0v) is 19.5. The number of likely N-dealkylation sites (tertiary alicyclic amines) is 1. The number of carbonyl (C=O) groups excluding carboxylic acids is 2. The van der Waals surface area contributed by atoms with Gasteiger partial charge in [0.05, 0.1) is 12.6 Å². The summed E-state index contributed by atoms with van der Waals surface area (Å²) in [5.41, 5.74) is 0.512. The van der Waals surface area contributed by atoms with Crippen molar-refractivity contribution in [1.29, 1.82) is 0 Å². The van der Waals surface area contributed by atoms with Crippen molar-refractivity contribution in [3.05, 3.63) is 0 Å². The molecule has 1 heterocycles. The van der Waals surface area contributed by atoms with Gasteiger partial charge in [0, 0.05) is 18.9 Å². The number of aliphatic hydroxyl groups excluding tert-OH is 1. The first-order chi connectivity index (χ1) is 12.3. The van der Waals surface area contributed by atoms with E-state index in [0.29, 0.717) is 16.6 Å². The summed E-state index contributed by atoms with van der Waals surface area (Å²) in [6.07, 6.45) is -0.508. The molecule has 0 saturated carbocycles. The predicted octanol–water partition coefficient (Wildman–Crippen LogP) is 4.32. The SMILES string of the molecule is CC(C)[Si](OC[C@@H]1[C@@H](CO)CC(=O)N1C(=O)OC(C)(C)C)(C(C)C)C(C)C. The second-order valence-corrected chi connectivity index (χ2v) is 15.0. The molecule has 2 amide bonds. The van der Waals surface area contributed by atoms with Crippen molar-refractivity contribution in [2.75, 3.05) is 13.2 Å². The molecular formula is C20H39NO5Si. The lowest BCUT2D eigenvalue weighted by atomic mass is 10.0. The minimum atomic E-state index is -2.14. The summed E-state index contributed by atoms with van der Waals surface area (Å²) in [5, 5.41) is 9.77. The van der Waals surface area contributed by atoms with E-state index in [2.05, 4.69) is 41.5 Å². The quantitative estimate of drug-likeness (QED) is 0.643. The van der Waals surface area contributed by atoms with Crippen molar-refractivity contribution < 1.29 is 23.9 Å². The normalized spacial score (nSPS) is 21.7. The van der Waals surface area contributed by atoms with Gasteiger partial charge in [0.25, 0.3) is 0 Å². The van der Waals surface area contributed by atoms with Gasteiger partial charge in [0.2, 0.25) is 5.91 Å². The highest BCUT2D eigenvalue weighted by Crippen LogP contribution is 2.43. The Kier molecular flexibility index (Phi) is 8.08. The van der Waals surface area contributed by atoms with Crippen molar-refractivity contribution >= 4 is 20.3 Å². The number of hydrogen-bond donors (Lipinski definition) is 1. The molecule has 7 heteroatoms. The number of carbonyl (C=O) groups is 2. The first kappa shape index (κ1) is 24.1. The molecule has 0 aromatic carbocycles. The standard InChI is InChI=1S/C20H39NO5Si/c1-13(2)27(14(3)4,15(5)6)25-12-17-16(11-22)10-18(23)21(17)19(24)26-20(7,8)9/h13-17,22H,10-12H2,1-9H3/t16-,17-/m1/s1. The summed E-state index contributed by atoms with van der Waals surface area (Å²) in [6, 6.07) is -0.486. The molecule has 1 N–H and O–H groups in total. The van der Waals surface area contributed by atoms with Gasteiger partial charge >= 0.3 is 6.09 Å². The van der Waals surface area contributed by atoms with Crippen LogP contribution in [0.1, 0.15) is 68.7 Å². The zero-order valence-electron chi connectivity index (χ0n) is 18.5. The average molecular weight is 402 g/mol. The Morgan fingerprint density at radius 3 is 2.00 bits per heavy atom. The Hall–Kier alpha value is -0.923. The van der Waals surface area contributed by atoms with E-state index in [1.54, 1.807) is 20.8 Å². The van der Waals surface area contributed by atoms with Crippen molar-refractivity contribution in [2.24, 2.45) is 5.92 Å². The summed E-state index contributed by atoms with van der Waals surface area (Å²) >= 11 is 0. The first-order valence-corrected chi connectivity index (χ1v) is 12.2. The largest absolute Gasteiger partial charge is 0.443 e. The van der Waals surface area contributed by atoms with Crippen LogP contribution in [0.4, 0.5) is 4.79 Å². The summed E-state index contributed by atoms with van der Waals surface area (Å²) in [6.45, 7) is 18.6. The van der Waals surface area contributed by atoms with E-state index in [0.717, 1.165) is 0 Å². The smallest absolute Gasteiger partial charge is 0.417 e. The third-order valence-corrected chi connectivity index (χ3v) is 11.7. The zero-order chi connectivity index (χ0) is 21.2. The molecule has 1 rings (SSSR count). The molecular weight excluding hydrogens is 362 g/mol. The van der Waals surface area contributed by atoms with Crippen LogP contribution in [-0.4, -0.2) is 55.2 Å². The van der Waals surface area contributed by atoms with Crippen molar-refractivity contribution in [3.8, 4) is 0 Å². The van der Waals surface area contributed by atoms with Crippen LogP contribution < -0.4 is 0 Å². The summed E-state index contributed by atoms with van der Waals surface area (Å²) < 4.78 is 12.0. The molecule has 0 unspecified atom stereocenters. The lowest BCUT2D eigenvalue weighted by molar-refractivity contribution is -0.128. The maximum absolute atomic E-state index is 12.6. The summed E-state index contributed by atoms with van der Waals surface area (Å²) in [5.74, 6) is -0.619. The Bertz CT molecular complexity index is 505. The molecule has 0 aliphatic carbocycles. The van der Waals surface area contributed by atoms with Gasteiger partial charge in [0.1, 0.15) is 5.60 Å². The number of imide groups is 1. The predicted molar refractivity (Wildman–Crippen MR) is 109 cm³/mol. The molecule has 158 valence electrons. The molecule has 0 radical (unpaired) electrons. The van der Waals surface area contributed by atoms with Crippen molar-refractivity contribution in [3.63, 3.8) is 0 Å². The second-order valence-electron chi connectivity index (χ2n) is 9.59. The summed E-state index contributed by atoms with van der Waals surface area (Å²) in [4.78, 5) is 26.3. The number of rotatable bonds is 7. The fraction of sp³-hybridized carbons (Fsp3) is 0.900. The molecule has 1 fully saturated rings. The lowest BCUT2D eigenvalue weighted by Gasteiger charge is -2.43. The molecule has 1 saturated heterocycles. The van der Waals surface area contributed by atoms with Gasteiger partial charge in [-0.15, -0.1) is 0 Å². The van der Waals surface area contributed by atoms with E-state index in [4.69, 9.17) is 9.16 Å². The number of nitrogens with zero attached hydrogens (tertiary/aromatic N) is 1. The van der Waals surface area contributed by atoms with E-state index < -0.39 is 26.1 Å². The number of aliphatic hydroxyl groups is 1. The maximum Gasteiger partial charge on any atom is 0.417 e. The molecule has 1 aliphatic heterocycles. The molecule has 27 heavy (non-hydrogen) atoms. The number of hydrogen-bond acceptors (Lipinski definition) is 5. The van der Waals surface area contributed by atoms with Crippen LogP contribution in [0, 0.1) is 5.92 Å². The van der Waals surface area contributed by atoms with Gasteiger partial charge in [-0.05, 0) is 37.4 Å². The van der Waals surface area contributed by atoms with Crippen molar-refractivity contribution in [2.45, 2.75) is 97.0 Å². The Morgan fingerprint density at radius 2 is 1.63 bits per heavy atom. The van der Waals surface area contributed by atoms with Crippen LogP contribution in [0.15, 0.2) is 0 Å². The third-order valence-electron chi connectivity index (χ3n) is 5.62. The molecule has 0 bridgehead atoms. The topological polar surface area (TPSA) is 76.1 Å². The van der Waals surface area contributed by atoms with Crippen LogP contribution in [0.3, 0.4) is 0 Å². The van der Waals surface area contributed by atoms with E-state index in [1.165, 1.54) is 4.90 Å². The first-order valence-electron chi connectivity index (χ1n) is 10.1. The molecule has 0 aromatic heterocycles. The molecule has 0 aromatic rings. The Balaban J connectivity index is 3.11. The average Bonchev–Trinajstić information content (AvgIpc) is 2.80. The third kappa shape index (κ3) is 5.33.